The van der Waals surface area contributed by atoms with Gasteiger partial charge < -0.3 is 10.6 Å². The third kappa shape index (κ3) is 2.22. The Hall–Kier alpha value is -2.44. The Kier molecular flexibility index (Phi) is 2.73. The predicted molar refractivity (Wildman–Crippen MR) is 59.9 cm³/mol. The third-order valence-electron chi connectivity index (χ3n) is 2.22. The Morgan fingerprint density at radius 2 is 2.06 bits per heavy atom. The summed E-state index contributed by atoms with van der Waals surface area (Å²) >= 11 is 0. The van der Waals surface area contributed by atoms with Crippen LogP contribution < -0.4 is 10.6 Å². The molecule has 0 radical (unpaired) electrons. The smallest absolute Gasteiger partial charge is 0.295 e. The van der Waals surface area contributed by atoms with E-state index in [2.05, 4.69) is 15.2 Å². The van der Waals surface area contributed by atoms with Crippen LogP contribution in [-0.2, 0) is 0 Å². The number of H-pyrrole nitrogens is 1. The molecule has 1 heterocycles. The van der Waals surface area contributed by atoms with Crippen LogP contribution in [0.3, 0.4) is 0 Å². The quantitative estimate of drug-likeness (QED) is 0.806. The lowest BCUT2D eigenvalue weighted by Gasteiger charge is -2.15. The first kappa shape index (κ1) is 11.1. The van der Waals surface area contributed by atoms with E-state index in [1.165, 1.54) is 29.2 Å². The second kappa shape index (κ2) is 4.20. The molecular weight excluding hydrogens is 225 g/mol. The minimum absolute atomic E-state index is 0.000793. The van der Waals surface area contributed by atoms with Gasteiger partial charge in [0, 0.05) is 12.7 Å². The monoisotopic (exact) mass is 235 g/mol. The molecule has 17 heavy (non-hydrogen) atoms. The molecule has 2 rings (SSSR count). The Balaban J connectivity index is 2.23. The highest BCUT2D eigenvalue weighted by molar-refractivity contribution is 6.03. The summed E-state index contributed by atoms with van der Waals surface area (Å²) in [5.41, 5.74) is 5.85. The SMILES string of the molecule is CN(C(=O)c1nc(N)n[nH]1)c1ccc(F)cc1. The van der Waals surface area contributed by atoms with Crippen LogP contribution in [-0.4, -0.2) is 28.1 Å². The number of rotatable bonds is 2. The van der Waals surface area contributed by atoms with Gasteiger partial charge in [-0.15, -0.1) is 5.10 Å². The topological polar surface area (TPSA) is 87.9 Å². The molecule has 88 valence electrons. The van der Waals surface area contributed by atoms with Gasteiger partial charge in [0.2, 0.25) is 11.8 Å². The number of benzene rings is 1. The molecule has 0 atom stereocenters. The molecule has 0 aliphatic rings. The number of nitrogen functional groups attached to an aromatic ring is 1. The fourth-order valence-corrected chi connectivity index (χ4v) is 1.31. The molecule has 6 nitrogen and oxygen atoms in total. The number of hydrogen-bond donors (Lipinski definition) is 2. The van der Waals surface area contributed by atoms with Crippen molar-refractivity contribution < 1.29 is 9.18 Å². The number of nitrogens with two attached hydrogens (primary N) is 1. The summed E-state index contributed by atoms with van der Waals surface area (Å²) in [6.07, 6.45) is 0. The molecule has 3 N–H and O–H groups in total. The second-order valence-corrected chi connectivity index (χ2v) is 3.38. The zero-order valence-electron chi connectivity index (χ0n) is 9.01. The molecule has 2 aromatic rings. The fourth-order valence-electron chi connectivity index (χ4n) is 1.31. The molecule has 0 unspecified atom stereocenters. The van der Waals surface area contributed by atoms with E-state index in [-0.39, 0.29) is 17.6 Å². The average molecular weight is 235 g/mol. The fraction of sp³-hybridized carbons (Fsp3) is 0.100. The Bertz CT molecular complexity index is 536. The Labute approximate surface area is 96.3 Å². The maximum absolute atomic E-state index is 12.7. The predicted octanol–water partition coefficient (Wildman–Crippen LogP) is 0.803. The van der Waals surface area contributed by atoms with Crippen LogP contribution in [0, 0.1) is 5.82 Å². The van der Waals surface area contributed by atoms with Crippen LogP contribution in [0.4, 0.5) is 16.0 Å². The number of aromatic amines is 1. The molecule has 0 fully saturated rings. The lowest BCUT2D eigenvalue weighted by molar-refractivity contribution is 0.0983. The highest BCUT2D eigenvalue weighted by Gasteiger charge is 2.17. The standard InChI is InChI=1S/C10H10FN5O/c1-16(7-4-2-6(11)3-5-7)9(17)8-13-10(12)15-14-8/h2-5H,1H3,(H3,12,13,14,15). The van der Waals surface area contributed by atoms with Gasteiger partial charge in [-0.2, -0.15) is 4.98 Å². The van der Waals surface area contributed by atoms with Crippen LogP contribution in [0.1, 0.15) is 10.6 Å². The van der Waals surface area contributed by atoms with E-state index in [0.717, 1.165) is 0 Å². The molecule has 1 amide bonds. The van der Waals surface area contributed by atoms with Gasteiger partial charge in [-0.1, -0.05) is 0 Å². The van der Waals surface area contributed by atoms with Crippen molar-refractivity contribution in [2.24, 2.45) is 0 Å². The number of halogens is 1. The van der Waals surface area contributed by atoms with Gasteiger partial charge in [-0.3, -0.25) is 9.89 Å². The van der Waals surface area contributed by atoms with E-state index in [1.807, 2.05) is 0 Å². The summed E-state index contributed by atoms with van der Waals surface area (Å²) in [5, 5.41) is 5.98. The van der Waals surface area contributed by atoms with Crippen LogP contribution in [0.15, 0.2) is 24.3 Å². The average Bonchev–Trinajstić information content (AvgIpc) is 2.75. The molecule has 0 saturated heterocycles. The molecule has 1 aromatic heterocycles. The van der Waals surface area contributed by atoms with Gasteiger partial charge in [-0.25, -0.2) is 4.39 Å². The van der Waals surface area contributed by atoms with E-state index in [4.69, 9.17) is 5.73 Å². The number of nitrogens with one attached hydrogen (secondary N) is 1. The van der Waals surface area contributed by atoms with Gasteiger partial charge >= 0.3 is 0 Å². The number of aromatic nitrogens is 3. The lowest BCUT2D eigenvalue weighted by Crippen LogP contribution is -2.27. The van der Waals surface area contributed by atoms with E-state index in [9.17, 15) is 9.18 Å². The zero-order chi connectivity index (χ0) is 12.4. The van der Waals surface area contributed by atoms with Gasteiger partial charge in [0.05, 0.1) is 0 Å². The molecule has 1 aromatic carbocycles. The Morgan fingerprint density at radius 3 is 2.59 bits per heavy atom. The number of anilines is 2. The highest BCUT2D eigenvalue weighted by atomic mass is 19.1. The van der Waals surface area contributed by atoms with Crippen LogP contribution in [0.5, 0.6) is 0 Å². The minimum atomic E-state index is -0.402. The van der Waals surface area contributed by atoms with Crippen molar-refractivity contribution in [2.75, 3.05) is 17.7 Å². The molecule has 0 aliphatic heterocycles. The maximum atomic E-state index is 12.7. The van der Waals surface area contributed by atoms with E-state index < -0.39 is 5.91 Å². The van der Waals surface area contributed by atoms with Crippen molar-refractivity contribution in [3.05, 3.63) is 35.9 Å². The molecule has 0 bridgehead atoms. The van der Waals surface area contributed by atoms with Crippen LogP contribution >= 0.6 is 0 Å². The van der Waals surface area contributed by atoms with Crippen molar-refractivity contribution in [1.82, 2.24) is 15.2 Å². The van der Waals surface area contributed by atoms with Gasteiger partial charge in [0.1, 0.15) is 5.82 Å². The van der Waals surface area contributed by atoms with E-state index in [1.54, 1.807) is 7.05 Å². The van der Waals surface area contributed by atoms with E-state index in [0.29, 0.717) is 5.69 Å². The zero-order valence-corrected chi connectivity index (χ0v) is 9.01. The molecule has 7 heteroatoms. The second-order valence-electron chi connectivity index (χ2n) is 3.38. The summed E-state index contributed by atoms with van der Waals surface area (Å²) < 4.78 is 12.7. The van der Waals surface area contributed by atoms with Gasteiger partial charge in [-0.05, 0) is 24.3 Å². The van der Waals surface area contributed by atoms with Crippen molar-refractivity contribution in [3.63, 3.8) is 0 Å². The van der Waals surface area contributed by atoms with Crippen LogP contribution in [0.2, 0.25) is 0 Å². The number of amides is 1. The lowest BCUT2D eigenvalue weighted by atomic mass is 10.3. The van der Waals surface area contributed by atoms with Crippen molar-refractivity contribution in [3.8, 4) is 0 Å². The normalized spacial score (nSPS) is 10.2. The number of nitrogens with zero attached hydrogens (tertiary/aromatic N) is 3. The summed E-state index contributed by atoms with van der Waals surface area (Å²) in [6, 6.07) is 5.53. The first-order chi connectivity index (χ1) is 8.08. The highest BCUT2D eigenvalue weighted by Crippen LogP contribution is 2.14. The number of hydrogen-bond acceptors (Lipinski definition) is 4. The Morgan fingerprint density at radius 1 is 1.41 bits per heavy atom. The molecule has 0 saturated carbocycles. The first-order valence-corrected chi connectivity index (χ1v) is 4.79. The molecular formula is C10H10FN5O. The third-order valence-corrected chi connectivity index (χ3v) is 2.22. The van der Waals surface area contributed by atoms with Crippen LogP contribution in [0.25, 0.3) is 0 Å². The molecule has 0 aliphatic carbocycles. The summed E-state index contributed by atoms with van der Waals surface area (Å²) in [5.74, 6) is -0.727. The first-order valence-electron chi connectivity index (χ1n) is 4.79. The van der Waals surface area contributed by atoms with Gasteiger partial charge in [0.15, 0.2) is 0 Å². The van der Waals surface area contributed by atoms with Crippen molar-refractivity contribution >= 4 is 17.5 Å². The molecule has 0 spiro atoms. The summed E-state index contributed by atoms with van der Waals surface area (Å²) in [6.45, 7) is 0. The van der Waals surface area contributed by atoms with Crippen molar-refractivity contribution in [2.45, 2.75) is 0 Å². The van der Waals surface area contributed by atoms with Crippen molar-refractivity contribution in [1.29, 1.82) is 0 Å². The maximum Gasteiger partial charge on any atom is 0.295 e. The van der Waals surface area contributed by atoms with Gasteiger partial charge in [0.25, 0.3) is 5.91 Å². The minimum Gasteiger partial charge on any atom is -0.366 e. The number of carbonyl (C=O) groups is 1. The van der Waals surface area contributed by atoms with E-state index >= 15 is 0 Å². The largest absolute Gasteiger partial charge is 0.366 e. The summed E-state index contributed by atoms with van der Waals surface area (Å²) in [4.78, 5) is 16.9. The number of carbonyl (C=O) groups excluding carboxylic acids is 1. The summed E-state index contributed by atoms with van der Waals surface area (Å²) in [7, 11) is 1.55.